The summed E-state index contributed by atoms with van der Waals surface area (Å²) in [6.45, 7) is 49.9. The second kappa shape index (κ2) is 77.1. The Balaban J connectivity index is 1.70. The summed E-state index contributed by atoms with van der Waals surface area (Å²) in [6.07, 6.45) is 66.0. The number of ether oxygens (including phenoxy) is 9. The number of hydrogen-bond acceptors (Lipinski definition) is 21. The Morgan fingerprint density at radius 2 is 0.510 bits per heavy atom. The van der Waals surface area contributed by atoms with E-state index in [1.54, 1.807) is 0 Å². The summed E-state index contributed by atoms with van der Waals surface area (Å²) >= 11 is 0. The number of carbonyl (C=O) groups is 7. The van der Waals surface area contributed by atoms with Crippen molar-refractivity contribution in [3.8, 4) is 0 Å². The number of hydrogen-bond donors (Lipinski definition) is 3. The van der Waals surface area contributed by atoms with Crippen LogP contribution >= 0.6 is 15.6 Å². The molecule has 0 spiro atoms. The molecule has 0 aliphatic carbocycles. The number of phosphoric acid groups is 2. The molecule has 24 nitrogen and oxygen atoms in total. The molecule has 2 rings (SSSR count). The smallest absolute Gasteiger partial charge is 0.463 e. The third-order valence-electron chi connectivity index (χ3n) is 26.1. The molecule has 0 bridgehead atoms. The largest absolute Gasteiger partial charge is 0.483 e. The van der Waals surface area contributed by atoms with E-state index < -0.39 is 132 Å². The predicted molar refractivity (Wildman–Crippen MR) is 596 cm³/mol. The fraction of sp³-hybridized carbons (Fsp3) is 0.645. The number of nitrogens with one attached hydrogen (secondary N) is 1. The number of carbonyl (C=O) groups excluding carboxylic acids is 7. The molecular weight excluding hydrogens is 1900 g/mol. The minimum Gasteiger partial charge on any atom is -0.463 e. The van der Waals surface area contributed by atoms with Gasteiger partial charge < -0.3 is 57.7 Å². The molecule has 26 heteroatoms. The Kier molecular flexibility index (Phi) is 70.7. The van der Waals surface area contributed by atoms with Crippen LogP contribution in [-0.4, -0.2) is 133 Å². The zero-order valence-electron chi connectivity index (χ0n) is 95.4. The summed E-state index contributed by atoms with van der Waals surface area (Å²) in [5.74, 6) is -6.67. The molecule has 0 saturated carbocycles. The van der Waals surface area contributed by atoms with Gasteiger partial charge in [-0.25, -0.2) is 9.13 Å². The van der Waals surface area contributed by atoms with Gasteiger partial charge in [-0.2, -0.15) is 4.31 Å². The molecule has 2 heterocycles. The Morgan fingerprint density at radius 1 is 0.279 bits per heavy atom. The first-order valence-electron chi connectivity index (χ1n) is 54.1. The standard InChI is InChI=1S/C121H193NO23P2/c1-86(2)46-28-47-87(3)48-29-49-88(4)50-30-51-89(5)52-31-53-90(6)54-32-55-91(7)56-33-57-92(8)58-34-59-93(9)60-35-61-94(10)62-36-63-95(11)64-37-65-96(12)66-38-67-97(13)68-39-69-98(14)70-40-71-99(15)72-41-73-100(16)74-42-75-101(17)76-43-77-102(18)78-44-79-103(19)80-45-81-104(20)82-83-136-146(130,131)145-147(132,133)144-120-114(122-105(21)123)117(138-109(25)127)115(112(141-120)84-134-106(22)124)143-121-119(140-111(27)129)118(139-110(26)128)116(137-108(24)126)113(142-121)85-135-107(23)125/h46,48,50,52,54,56,58,60,62,64,66,68,70,72,74,76,78,80,104,112-121H,28-45,47,49,51,53,55,57,59,61,63,65,67,69,71,73,75,77,79,81-85H2,1-27H3,(H,122,123)(H,130,131)(H,132,133)/b87-48+,88-50+,89-52-,90-54-,91-56-,92-58-,93-60-,94-62-,95-64-,96-66-,97-68-,98-70-,99-72-,100-74-,101-76-,102-78-,103-80-/t104-,112+,113+,114+,115+,116+,117+,118-,119+,120+,121-/m0/s1. The van der Waals surface area contributed by atoms with E-state index in [9.17, 15) is 52.5 Å². The fourth-order valence-corrected chi connectivity index (χ4v) is 19.3. The van der Waals surface area contributed by atoms with Gasteiger partial charge in [0.25, 0.3) is 0 Å². The molecule has 0 radical (unpaired) electrons. The van der Waals surface area contributed by atoms with E-state index >= 15 is 0 Å². The number of phosphoric ester groups is 2. The quantitative estimate of drug-likeness (QED) is 0.0220. The molecule has 0 aromatic carbocycles. The molecule has 2 fully saturated rings. The van der Waals surface area contributed by atoms with Crippen molar-refractivity contribution in [3.05, 3.63) is 210 Å². The van der Waals surface area contributed by atoms with E-state index in [4.69, 9.17) is 56.0 Å². The summed E-state index contributed by atoms with van der Waals surface area (Å²) in [6, 6.07) is -1.91. The van der Waals surface area contributed by atoms with Crippen molar-refractivity contribution in [1.29, 1.82) is 0 Å². The van der Waals surface area contributed by atoms with Crippen LogP contribution in [0.25, 0.3) is 0 Å². The van der Waals surface area contributed by atoms with Gasteiger partial charge >= 0.3 is 51.5 Å². The van der Waals surface area contributed by atoms with Crippen LogP contribution < -0.4 is 5.32 Å². The van der Waals surface area contributed by atoms with Gasteiger partial charge in [0.05, 0.1) is 6.61 Å². The predicted octanol–water partition coefficient (Wildman–Crippen LogP) is 31.6. The van der Waals surface area contributed by atoms with Crippen LogP contribution in [0.1, 0.15) is 425 Å². The number of allylic oxidation sites excluding steroid dienone is 36. The van der Waals surface area contributed by atoms with Crippen LogP contribution in [0.3, 0.4) is 0 Å². The maximum absolute atomic E-state index is 13.7. The number of rotatable bonds is 73. The van der Waals surface area contributed by atoms with Gasteiger partial charge in [0.1, 0.15) is 37.6 Å². The number of esters is 6. The molecule has 0 aromatic rings. The Hall–Kier alpha value is -8.25. The maximum atomic E-state index is 13.7. The third-order valence-corrected chi connectivity index (χ3v) is 28.7. The molecule has 830 valence electrons. The van der Waals surface area contributed by atoms with Gasteiger partial charge in [0.15, 0.2) is 37.0 Å². The highest BCUT2D eigenvalue weighted by atomic mass is 31.3. The minimum absolute atomic E-state index is 0.0327. The normalized spacial score (nSPS) is 21.1. The summed E-state index contributed by atoms with van der Waals surface area (Å²) in [4.78, 5) is 110. The molecular formula is C121H193NO23P2. The van der Waals surface area contributed by atoms with Gasteiger partial charge in [-0.3, -0.25) is 42.6 Å². The topological polar surface area (TPSA) is 317 Å². The molecule has 2 aliphatic rings. The zero-order valence-corrected chi connectivity index (χ0v) is 97.2. The fourth-order valence-electron chi connectivity index (χ4n) is 17.2. The SMILES string of the molecule is CC(=O)N[C@H]1[C@@H](OP(=O)(O)OP(=O)(O)OCC[C@@H](C)CC/C=C(/C)CC/C=C(/C)CC/C=C(/C)CC/C=C(/C)CC/C=C(/C)CC/C=C(/C)CC/C=C(/C)CC/C=C(/C)CC/C=C(/C)CC/C=C(/C)CC/C=C(/C)CC/C=C(/C)CC/C=C(/C)CC/C=C(/C)CC/C=C(/C)CC/C=C(\C)CC/C=C(\C)CCC=C(C)C)O[C@H](COC(C)=O)[C@@H](O[C@@H]2O[C@H](COC(C)=O)[C@@H](OC(C)=O)[C@H](OC(C)=O)[C@H]2OC(C)=O)[C@@H]1OC(C)=O. The second-order valence-electron chi connectivity index (χ2n) is 41.5. The van der Waals surface area contributed by atoms with Crippen molar-refractivity contribution in [2.45, 2.75) is 486 Å². The van der Waals surface area contributed by atoms with Crippen molar-refractivity contribution in [3.63, 3.8) is 0 Å². The van der Waals surface area contributed by atoms with Crippen molar-refractivity contribution in [1.82, 2.24) is 5.32 Å². The zero-order chi connectivity index (χ0) is 110. The van der Waals surface area contributed by atoms with Crippen LogP contribution in [0.2, 0.25) is 0 Å². The first-order valence-corrected chi connectivity index (χ1v) is 57.1. The van der Waals surface area contributed by atoms with Gasteiger partial charge in [-0.15, -0.1) is 0 Å². The summed E-state index contributed by atoms with van der Waals surface area (Å²) in [7, 11) is -11.2. The summed E-state index contributed by atoms with van der Waals surface area (Å²) in [5.41, 5.74) is 26.4. The van der Waals surface area contributed by atoms with E-state index in [1.165, 1.54) is 113 Å². The average molecular weight is 2090 g/mol. The van der Waals surface area contributed by atoms with E-state index in [0.717, 1.165) is 260 Å². The van der Waals surface area contributed by atoms with Crippen molar-refractivity contribution in [2.24, 2.45) is 5.92 Å². The van der Waals surface area contributed by atoms with E-state index in [-0.39, 0.29) is 18.9 Å². The first kappa shape index (κ1) is 135. The van der Waals surface area contributed by atoms with Crippen LogP contribution in [0.5, 0.6) is 0 Å². The lowest BCUT2D eigenvalue weighted by molar-refractivity contribution is -0.346. The van der Waals surface area contributed by atoms with Gasteiger partial charge in [-0.1, -0.05) is 217 Å². The lowest BCUT2D eigenvalue weighted by Gasteiger charge is -2.49. The highest BCUT2D eigenvalue weighted by molar-refractivity contribution is 7.61. The van der Waals surface area contributed by atoms with E-state index in [0.29, 0.717) is 6.42 Å². The highest BCUT2D eigenvalue weighted by Crippen LogP contribution is 2.62. The van der Waals surface area contributed by atoms with Crippen LogP contribution in [0.4, 0.5) is 0 Å². The molecule has 13 atom stereocenters. The lowest BCUT2D eigenvalue weighted by atomic mass is 9.95. The molecule has 147 heavy (non-hydrogen) atoms. The second-order valence-corrected chi connectivity index (χ2v) is 44.5. The third kappa shape index (κ3) is 69.0. The molecule has 2 aliphatic heterocycles. The molecule has 2 unspecified atom stereocenters. The van der Waals surface area contributed by atoms with Crippen molar-refractivity contribution < 1.29 is 108 Å². The monoisotopic (exact) mass is 2090 g/mol. The Morgan fingerprint density at radius 3 is 0.762 bits per heavy atom. The van der Waals surface area contributed by atoms with Crippen LogP contribution in [0, 0.1) is 5.92 Å². The van der Waals surface area contributed by atoms with Crippen LogP contribution in [-0.2, 0) is 98.7 Å². The molecule has 1 amide bonds. The maximum Gasteiger partial charge on any atom is 0.483 e. The molecule has 0 aromatic heterocycles. The van der Waals surface area contributed by atoms with Gasteiger partial charge in [0.2, 0.25) is 5.91 Å². The van der Waals surface area contributed by atoms with Crippen molar-refractivity contribution >= 4 is 57.4 Å². The van der Waals surface area contributed by atoms with Gasteiger partial charge in [0, 0.05) is 48.5 Å². The minimum atomic E-state index is -5.82. The number of amides is 1. The van der Waals surface area contributed by atoms with E-state index in [2.05, 4.69) is 246 Å². The molecule has 2 saturated heterocycles. The average Bonchev–Trinajstić information content (AvgIpc) is 0.760. The Labute approximate surface area is 887 Å². The Bertz CT molecular complexity index is 4750. The summed E-state index contributed by atoms with van der Waals surface area (Å²) < 4.78 is 93.1. The van der Waals surface area contributed by atoms with Crippen LogP contribution in [0.15, 0.2) is 210 Å². The highest BCUT2D eigenvalue weighted by Gasteiger charge is 2.58. The first-order chi connectivity index (χ1) is 69.4. The van der Waals surface area contributed by atoms with Crippen molar-refractivity contribution in [2.75, 3.05) is 19.8 Å². The summed E-state index contributed by atoms with van der Waals surface area (Å²) in [5, 5.41) is 2.37. The van der Waals surface area contributed by atoms with Gasteiger partial charge in [-0.05, 0) is 375 Å². The molecule has 3 N–H and O–H groups in total. The van der Waals surface area contributed by atoms with E-state index in [1.807, 2.05) is 6.92 Å². The lowest BCUT2D eigenvalue weighted by Crippen LogP contribution is -2.69.